The van der Waals surface area contributed by atoms with E-state index in [-0.39, 0.29) is 10.8 Å². The van der Waals surface area contributed by atoms with Gasteiger partial charge >= 0.3 is 0 Å². The molecule has 0 aromatic heterocycles. The Morgan fingerprint density at radius 2 is 1.91 bits per heavy atom. The maximum Gasteiger partial charge on any atom is 0.279 e. The van der Waals surface area contributed by atoms with E-state index in [1.807, 2.05) is 0 Å². The van der Waals surface area contributed by atoms with E-state index in [0.717, 1.165) is 25.9 Å². The van der Waals surface area contributed by atoms with Gasteiger partial charge in [-0.3, -0.25) is 4.79 Å². The second kappa shape index (κ2) is 7.21. The summed E-state index contributed by atoms with van der Waals surface area (Å²) in [6.07, 6.45) is 3.57. The van der Waals surface area contributed by atoms with E-state index in [4.69, 9.17) is 0 Å². The zero-order chi connectivity index (χ0) is 16.2. The minimum Gasteiger partial charge on any atom is -0.327 e. The first-order valence-corrected chi connectivity index (χ1v) is 9.08. The zero-order valence-corrected chi connectivity index (χ0v) is 13.9. The summed E-state index contributed by atoms with van der Waals surface area (Å²) in [6, 6.07) is 4.94. The highest BCUT2D eigenvalue weighted by molar-refractivity contribution is 7.89. The fraction of sp³-hybridized carbons (Fsp3) is 0.533. The van der Waals surface area contributed by atoms with Crippen LogP contribution in [0.5, 0.6) is 0 Å². The minimum atomic E-state index is -3.52. The molecule has 2 rings (SSSR count). The lowest BCUT2D eigenvalue weighted by Gasteiger charge is -2.22. The van der Waals surface area contributed by atoms with Crippen LogP contribution in [0.1, 0.15) is 24.8 Å². The fourth-order valence-electron chi connectivity index (χ4n) is 2.74. The average molecular weight is 326 g/mol. The predicted octanol–water partition coefficient (Wildman–Crippen LogP) is -0.0896. The first-order valence-electron chi connectivity index (χ1n) is 7.60. The van der Waals surface area contributed by atoms with Crippen molar-refractivity contribution >= 4 is 21.6 Å². The maximum atomic E-state index is 12.1. The summed E-state index contributed by atoms with van der Waals surface area (Å²) in [6.45, 7) is 4.22. The van der Waals surface area contributed by atoms with Gasteiger partial charge in [-0.1, -0.05) is 6.07 Å². The summed E-state index contributed by atoms with van der Waals surface area (Å²) in [4.78, 5) is 13.6. The highest BCUT2D eigenvalue weighted by Crippen LogP contribution is 2.19. The second-order valence-electron chi connectivity index (χ2n) is 5.72. The van der Waals surface area contributed by atoms with Crippen molar-refractivity contribution in [2.45, 2.75) is 31.1 Å². The highest BCUT2D eigenvalue weighted by atomic mass is 32.2. The Kier molecular flexibility index (Phi) is 5.55. The molecule has 1 fully saturated rings. The molecule has 1 heterocycles. The average Bonchev–Trinajstić information content (AvgIpc) is 2.50. The van der Waals surface area contributed by atoms with Crippen LogP contribution in [0.15, 0.2) is 23.1 Å². The first kappa shape index (κ1) is 16.9. The van der Waals surface area contributed by atoms with Crippen molar-refractivity contribution in [1.82, 2.24) is 4.72 Å². The number of aryl methyl sites for hydroxylation is 1. The quantitative estimate of drug-likeness (QED) is 0.707. The Morgan fingerprint density at radius 3 is 2.55 bits per heavy atom. The highest BCUT2D eigenvalue weighted by Gasteiger charge is 2.19. The fourth-order valence-corrected chi connectivity index (χ4v) is 3.73. The van der Waals surface area contributed by atoms with Crippen LogP contribution in [0.2, 0.25) is 0 Å². The van der Waals surface area contributed by atoms with Gasteiger partial charge in [0.25, 0.3) is 5.91 Å². The van der Waals surface area contributed by atoms with Gasteiger partial charge in [-0.2, -0.15) is 0 Å². The van der Waals surface area contributed by atoms with Crippen LogP contribution < -0.4 is 14.9 Å². The van der Waals surface area contributed by atoms with Crippen molar-refractivity contribution in [1.29, 1.82) is 0 Å². The van der Waals surface area contributed by atoms with E-state index in [0.29, 0.717) is 17.8 Å². The summed E-state index contributed by atoms with van der Waals surface area (Å²) >= 11 is 0. The molecular weight excluding hydrogens is 302 g/mol. The van der Waals surface area contributed by atoms with Crippen molar-refractivity contribution in [3.05, 3.63) is 23.8 Å². The van der Waals surface area contributed by atoms with Gasteiger partial charge in [-0.25, -0.2) is 13.1 Å². The molecule has 0 unspecified atom stereocenters. The normalized spacial score (nSPS) is 16.5. The molecule has 122 valence electrons. The lowest BCUT2D eigenvalue weighted by atomic mass is 10.1. The molecule has 1 saturated heterocycles. The summed E-state index contributed by atoms with van der Waals surface area (Å²) in [5.41, 5.74) is 1.16. The van der Waals surface area contributed by atoms with Gasteiger partial charge in [-0.05, 0) is 50.9 Å². The lowest BCUT2D eigenvalue weighted by Crippen LogP contribution is -3.13. The van der Waals surface area contributed by atoms with Gasteiger partial charge in [0.2, 0.25) is 10.0 Å². The van der Waals surface area contributed by atoms with Crippen LogP contribution in [-0.2, 0) is 14.8 Å². The maximum absolute atomic E-state index is 12.1. The number of carbonyl (C=O) groups is 1. The molecule has 1 aliphatic heterocycles. The van der Waals surface area contributed by atoms with E-state index in [1.165, 1.54) is 24.4 Å². The van der Waals surface area contributed by atoms with Crippen LogP contribution in [-0.4, -0.2) is 41.0 Å². The van der Waals surface area contributed by atoms with Crippen molar-refractivity contribution in [2.24, 2.45) is 0 Å². The Morgan fingerprint density at radius 1 is 1.23 bits per heavy atom. The Labute approximate surface area is 131 Å². The molecule has 0 spiro atoms. The lowest BCUT2D eigenvalue weighted by molar-refractivity contribution is -0.896. The molecule has 6 nitrogen and oxygen atoms in total. The molecule has 7 heteroatoms. The van der Waals surface area contributed by atoms with Crippen molar-refractivity contribution in [3.63, 3.8) is 0 Å². The Balaban J connectivity index is 2.06. The van der Waals surface area contributed by atoms with Crippen LogP contribution in [0.25, 0.3) is 0 Å². The number of sulfonamides is 1. The first-order chi connectivity index (χ1) is 10.4. The number of nitrogens with one attached hydrogen (secondary N) is 3. The third kappa shape index (κ3) is 4.28. The van der Waals surface area contributed by atoms with Gasteiger partial charge in [0.05, 0.1) is 18.0 Å². The van der Waals surface area contributed by atoms with E-state index >= 15 is 0 Å². The zero-order valence-electron chi connectivity index (χ0n) is 13.1. The molecular formula is C15H24N3O3S+. The standard InChI is InChI=1S/C15H23N3O3S/c1-12-6-7-13(10-14(12)22(20,21)16-2)17-15(19)11-18-8-4-3-5-9-18/h6-7,10,16H,3-5,8-9,11H2,1-2H3,(H,17,19)/p+1. The molecule has 0 bridgehead atoms. The molecule has 0 aliphatic carbocycles. The second-order valence-corrected chi connectivity index (χ2v) is 7.58. The van der Waals surface area contributed by atoms with Crippen LogP contribution in [0, 0.1) is 6.92 Å². The molecule has 1 aromatic rings. The third-order valence-electron chi connectivity index (χ3n) is 4.00. The minimum absolute atomic E-state index is 0.0754. The molecule has 0 radical (unpaired) electrons. The smallest absolute Gasteiger partial charge is 0.279 e. The van der Waals surface area contributed by atoms with Crippen molar-refractivity contribution in [2.75, 3.05) is 32.0 Å². The third-order valence-corrected chi connectivity index (χ3v) is 5.56. The van der Waals surface area contributed by atoms with E-state index in [1.54, 1.807) is 19.1 Å². The molecule has 0 atom stereocenters. The largest absolute Gasteiger partial charge is 0.327 e. The number of likely N-dealkylation sites (tertiary alicyclic amines) is 1. The Bertz CT molecular complexity index is 637. The number of hydrogen-bond acceptors (Lipinski definition) is 3. The summed E-state index contributed by atoms with van der Waals surface area (Å²) in [7, 11) is -2.15. The van der Waals surface area contributed by atoms with Crippen LogP contribution in [0.4, 0.5) is 5.69 Å². The number of piperidine rings is 1. The number of quaternary nitrogens is 1. The number of amides is 1. The monoisotopic (exact) mass is 326 g/mol. The molecule has 1 aliphatic rings. The van der Waals surface area contributed by atoms with E-state index < -0.39 is 10.0 Å². The molecule has 3 N–H and O–H groups in total. The molecule has 22 heavy (non-hydrogen) atoms. The number of hydrogen-bond donors (Lipinski definition) is 3. The van der Waals surface area contributed by atoms with Gasteiger partial charge < -0.3 is 10.2 Å². The summed E-state index contributed by atoms with van der Waals surface area (Å²) < 4.78 is 26.2. The van der Waals surface area contributed by atoms with E-state index in [9.17, 15) is 13.2 Å². The number of carbonyl (C=O) groups excluding carboxylic acids is 1. The van der Waals surface area contributed by atoms with Gasteiger partial charge in [0, 0.05) is 5.69 Å². The van der Waals surface area contributed by atoms with Crippen LogP contribution >= 0.6 is 0 Å². The van der Waals surface area contributed by atoms with Crippen LogP contribution in [0.3, 0.4) is 0 Å². The van der Waals surface area contributed by atoms with Gasteiger partial charge in [0.15, 0.2) is 6.54 Å². The SMILES string of the molecule is CNS(=O)(=O)c1cc(NC(=O)C[NH+]2CCCCC2)ccc1C. The van der Waals surface area contributed by atoms with Crippen molar-refractivity contribution < 1.29 is 18.1 Å². The molecule has 0 saturated carbocycles. The molecule has 1 amide bonds. The predicted molar refractivity (Wildman–Crippen MR) is 85.5 cm³/mol. The summed E-state index contributed by atoms with van der Waals surface area (Å²) in [5, 5.41) is 2.80. The van der Waals surface area contributed by atoms with Crippen molar-refractivity contribution in [3.8, 4) is 0 Å². The van der Waals surface area contributed by atoms with E-state index in [2.05, 4.69) is 10.0 Å². The topological polar surface area (TPSA) is 79.7 Å². The number of rotatable bonds is 5. The van der Waals surface area contributed by atoms with Gasteiger partial charge in [-0.15, -0.1) is 0 Å². The number of benzene rings is 1. The Hall–Kier alpha value is -1.44. The van der Waals surface area contributed by atoms with Gasteiger partial charge in [0.1, 0.15) is 0 Å². The molecule has 1 aromatic carbocycles. The number of anilines is 1. The summed E-state index contributed by atoms with van der Waals surface area (Å²) in [5.74, 6) is -0.0754.